The van der Waals surface area contributed by atoms with E-state index in [-0.39, 0.29) is 30.1 Å². The maximum atomic E-state index is 6.16. The lowest BCUT2D eigenvalue weighted by atomic mass is 10.1. The monoisotopic (exact) mass is 496 g/mol. The summed E-state index contributed by atoms with van der Waals surface area (Å²) in [5, 5.41) is 6.69. The minimum atomic E-state index is 0. The summed E-state index contributed by atoms with van der Waals surface area (Å²) in [6.07, 6.45) is 3.75. The van der Waals surface area contributed by atoms with Gasteiger partial charge >= 0.3 is 0 Å². The van der Waals surface area contributed by atoms with Gasteiger partial charge in [0, 0.05) is 50.4 Å². The Morgan fingerprint density at radius 1 is 1.29 bits per heavy atom. The van der Waals surface area contributed by atoms with E-state index in [1.807, 2.05) is 24.4 Å². The first-order valence-electron chi connectivity index (χ1n) is 9.43. The van der Waals surface area contributed by atoms with Gasteiger partial charge in [-0.05, 0) is 30.7 Å². The fourth-order valence-electron chi connectivity index (χ4n) is 2.96. The minimum absolute atomic E-state index is 0. The fraction of sp³-hybridized carbons (Fsp3) is 0.429. The maximum absolute atomic E-state index is 6.16. The number of nitrogens with one attached hydrogen (secondary N) is 2. The standard InChI is InChI=1S/C21H28N4O2.HI/c1-16-6-7-17(20(13-16)27-19-9-12-26-15-19)14-25-21(22-2)24-11-8-18-5-3-4-10-23-18;/h3-7,10,13,19H,8-9,11-12,14-15H2,1-2H3,(H2,22,24,25);1H. The Morgan fingerprint density at radius 3 is 2.89 bits per heavy atom. The predicted molar refractivity (Wildman–Crippen MR) is 123 cm³/mol. The van der Waals surface area contributed by atoms with Gasteiger partial charge in [-0.1, -0.05) is 18.2 Å². The second-order valence-electron chi connectivity index (χ2n) is 6.64. The van der Waals surface area contributed by atoms with Crippen LogP contribution in [-0.4, -0.2) is 43.9 Å². The van der Waals surface area contributed by atoms with Crippen LogP contribution in [0, 0.1) is 6.92 Å². The van der Waals surface area contributed by atoms with Crippen LogP contribution in [0.15, 0.2) is 47.6 Å². The molecule has 6 nitrogen and oxygen atoms in total. The van der Waals surface area contributed by atoms with E-state index < -0.39 is 0 Å². The van der Waals surface area contributed by atoms with Crippen LogP contribution in [0.5, 0.6) is 5.75 Å². The number of rotatable bonds is 7. The van der Waals surface area contributed by atoms with Crippen LogP contribution in [0.4, 0.5) is 0 Å². The Bertz CT molecular complexity index is 749. The summed E-state index contributed by atoms with van der Waals surface area (Å²) in [4.78, 5) is 8.63. The SMILES string of the molecule is CN=C(NCCc1ccccn1)NCc1ccc(C)cc1OC1CCOC1.I. The molecule has 1 unspecified atom stereocenters. The third-order valence-electron chi connectivity index (χ3n) is 4.47. The van der Waals surface area contributed by atoms with Crippen molar-refractivity contribution >= 4 is 29.9 Å². The van der Waals surface area contributed by atoms with Crippen LogP contribution >= 0.6 is 24.0 Å². The average Bonchev–Trinajstić information content (AvgIpc) is 3.19. The molecule has 2 N–H and O–H groups in total. The first-order chi connectivity index (χ1) is 13.2. The summed E-state index contributed by atoms with van der Waals surface area (Å²) in [6, 6.07) is 12.3. The molecule has 0 bridgehead atoms. The van der Waals surface area contributed by atoms with Gasteiger partial charge < -0.3 is 20.1 Å². The van der Waals surface area contributed by atoms with E-state index in [1.165, 1.54) is 5.56 Å². The van der Waals surface area contributed by atoms with Crippen LogP contribution in [0.1, 0.15) is 23.2 Å². The topological polar surface area (TPSA) is 67.8 Å². The van der Waals surface area contributed by atoms with E-state index in [9.17, 15) is 0 Å². The molecule has 0 spiro atoms. The van der Waals surface area contributed by atoms with Gasteiger partial charge in [-0.2, -0.15) is 0 Å². The van der Waals surface area contributed by atoms with Crippen molar-refractivity contribution in [2.24, 2.45) is 4.99 Å². The molecule has 0 saturated carbocycles. The van der Waals surface area contributed by atoms with E-state index in [0.717, 1.165) is 49.0 Å². The van der Waals surface area contributed by atoms with Gasteiger partial charge in [-0.15, -0.1) is 24.0 Å². The predicted octanol–water partition coefficient (Wildman–Crippen LogP) is 3.08. The molecular formula is C21H29IN4O2. The van der Waals surface area contributed by atoms with Crippen molar-refractivity contribution in [3.8, 4) is 5.75 Å². The molecule has 2 aromatic rings. The minimum Gasteiger partial charge on any atom is -0.488 e. The van der Waals surface area contributed by atoms with Gasteiger partial charge in [-0.3, -0.25) is 9.98 Å². The van der Waals surface area contributed by atoms with Crippen LogP contribution in [0.25, 0.3) is 0 Å². The zero-order chi connectivity index (χ0) is 18.9. The number of aromatic nitrogens is 1. The van der Waals surface area contributed by atoms with E-state index >= 15 is 0 Å². The molecule has 1 atom stereocenters. The Balaban J connectivity index is 0.00000280. The van der Waals surface area contributed by atoms with Crippen LogP contribution in [0.3, 0.4) is 0 Å². The molecule has 0 aliphatic carbocycles. The number of pyridine rings is 1. The quantitative estimate of drug-likeness (QED) is 0.351. The van der Waals surface area contributed by atoms with Crippen molar-refractivity contribution in [2.45, 2.75) is 32.4 Å². The molecule has 0 radical (unpaired) electrons. The summed E-state index contributed by atoms with van der Waals surface area (Å²) in [7, 11) is 1.78. The average molecular weight is 496 g/mol. The summed E-state index contributed by atoms with van der Waals surface area (Å²) in [5.74, 6) is 1.68. The Morgan fingerprint density at radius 2 is 2.18 bits per heavy atom. The van der Waals surface area contributed by atoms with Crippen molar-refractivity contribution < 1.29 is 9.47 Å². The third kappa shape index (κ3) is 6.94. The normalized spacial score (nSPS) is 16.4. The van der Waals surface area contributed by atoms with E-state index in [0.29, 0.717) is 13.2 Å². The molecule has 1 aliphatic heterocycles. The molecule has 28 heavy (non-hydrogen) atoms. The zero-order valence-electron chi connectivity index (χ0n) is 16.5. The van der Waals surface area contributed by atoms with E-state index in [4.69, 9.17) is 9.47 Å². The van der Waals surface area contributed by atoms with E-state index in [1.54, 1.807) is 7.05 Å². The van der Waals surface area contributed by atoms with E-state index in [2.05, 4.69) is 45.7 Å². The Hall–Kier alpha value is -1.87. The second kappa shape index (κ2) is 11.9. The molecule has 3 rings (SSSR count). The number of guanidine groups is 1. The molecule has 1 aromatic heterocycles. The third-order valence-corrected chi connectivity index (χ3v) is 4.47. The van der Waals surface area contributed by atoms with Crippen LogP contribution in [0.2, 0.25) is 0 Å². The van der Waals surface area contributed by atoms with Gasteiger partial charge in [0.25, 0.3) is 0 Å². The largest absolute Gasteiger partial charge is 0.488 e. The molecule has 7 heteroatoms. The lowest BCUT2D eigenvalue weighted by Crippen LogP contribution is -2.38. The van der Waals surface area contributed by atoms with Crippen LogP contribution in [-0.2, 0) is 17.7 Å². The smallest absolute Gasteiger partial charge is 0.191 e. The van der Waals surface area contributed by atoms with Crippen LogP contribution < -0.4 is 15.4 Å². The van der Waals surface area contributed by atoms with Crippen molar-refractivity contribution in [3.63, 3.8) is 0 Å². The summed E-state index contributed by atoms with van der Waals surface area (Å²) >= 11 is 0. The number of aliphatic imine (C=N–C) groups is 1. The van der Waals surface area contributed by atoms with Gasteiger partial charge in [0.05, 0.1) is 13.2 Å². The molecular weight excluding hydrogens is 467 g/mol. The summed E-state index contributed by atoms with van der Waals surface area (Å²) < 4.78 is 11.6. The molecule has 1 saturated heterocycles. The number of hydrogen-bond acceptors (Lipinski definition) is 4. The van der Waals surface area contributed by atoms with Crippen molar-refractivity contribution in [2.75, 3.05) is 26.8 Å². The van der Waals surface area contributed by atoms with Crippen molar-refractivity contribution in [1.29, 1.82) is 0 Å². The van der Waals surface area contributed by atoms with Crippen molar-refractivity contribution in [1.82, 2.24) is 15.6 Å². The van der Waals surface area contributed by atoms with Gasteiger partial charge in [0.15, 0.2) is 5.96 Å². The lowest BCUT2D eigenvalue weighted by Gasteiger charge is -2.18. The highest BCUT2D eigenvalue weighted by Crippen LogP contribution is 2.23. The van der Waals surface area contributed by atoms with Gasteiger partial charge in [0.2, 0.25) is 0 Å². The summed E-state index contributed by atoms with van der Waals surface area (Å²) in [5.41, 5.74) is 3.36. The number of ether oxygens (including phenoxy) is 2. The van der Waals surface area contributed by atoms with Gasteiger partial charge in [-0.25, -0.2) is 0 Å². The number of nitrogens with zero attached hydrogens (tertiary/aromatic N) is 2. The highest BCUT2D eigenvalue weighted by molar-refractivity contribution is 14.0. The maximum Gasteiger partial charge on any atom is 0.191 e. The first-order valence-corrected chi connectivity index (χ1v) is 9.43. The number of aryl methyl sites for hydroxylation is 1. The molecule has 152 valence electrons. The number of hydrogen-bond donors (Lipinski definition) is 2. The number of halogens is 1. The first kappa shape index (κ1) is 22.4. The molecule has 0 amide bonds. The zero-order valence-corrected chi connectivity index (χ0v) is 18.8. The van der Waals surface area contributed by atoms with Crippen molar-refractivity contribution in [3.05, 3.63) is 59.4 Å². The van der Waals surface area contributed by atoms with Gasteiger partial charge in [0.1, 0.15) is 11.9 Å². The second-order valence-corrected chi connectivity index (χ2v) is 6.64. The molecule has 1 fully saturated rings. The highest BCUT2D eigenvalue weighted by Gasteiger charge is 2.18. The fourth-order valence-corrected chi connectivity index (χ4v) is 2.96. The Kier molecular flexibility index (Phi) is 9.49. The molecule has 1 aliphatic rings. The molecule has 2 heterocycles. The highest BCUT2D eigenvalue weighted by atomic mass is 127. The summed E-state index contributed by atoms with van der Waals surface area (Å²) in [6.45, 7) is 4.93. The molecule has 1 aromatic carbocycles. The number of benzene rings is 1. The Labute approximate surface area is 184 Å². The lowest BCUT2D eigenvalue weighted by molar-refractivity contribution is 0.140.